The molecule has 2 aromatic heterocycles. The summed E-state index contributed by atoms with van der Waals surface area (Å²) in [6.45, 7) is 2.04. The summed E-state index contributed by atoms with van der Waals surface area (Å²) < 4.78 is 10.3. The van der Waals surface area contributed by atoms with Crippen LogP contribution in [0.3, 0.4) is 0 Å². The van der Waals surface area contributed by atoms with E-state index in [2.05, 4.69) is 15.5 Å². The van der Waals surface area contributed by atoms with Crippen LogP contribution < -0.4 is 5.32 Å². The molecule has 2 heterocycles. The van der Waals surface area contributed by atoms with Gasteiger partial charge >= 0.3 is 5.97 Å². The number of hydrogen-bond acceptors (Lipinski definition) is 7. The van der Waals surface area contributed by atoms with Crippen molar-refractivity contribution in [3.05, 3.63) is 59.3 Å². The van der Waals surface area contributed by atoms with Gasteiger partial charge < -0.3 is 14.6 Å². The summed E-state index contributed by atoms with van der Waals surface area (Å²) in [5.74, 6) is 0.0634. The second-order valence-electron chi connectivity index (χ2n) is 6.15. The zero-order valence-electron chi connectivity index (χ0n) is 15.5. The summed E-state index contributed by atoms with van der Waals surface area (Å²) in [5.41, 5.74) is 1.13. The average molecular weight is 399 g/mol. The average Bonchev–Trinajstić information content (AvgIpc) is 3.38. The number of nitrogens with one attached hydrogen (secondary N) is 1. The summed E-state index contributed by atoms with van der Waals surface area (Å²) in [7, 11) is 0. The molecule has 3 aromatic rings. The first kappa shape index (κ1) is 19.8. The molecule has 0 radical (unpaired) electrons. The van der Waals surface area contributed by atoms with Crippen LogP contribution >= 0.6 is 11.3 Å². The molecule has 0 spiro atoms. The topological polar surface area (TPSA) is 94.3 Å². The van der Waals surface area contributed by atoms with Gasteiger partial charge in [-0.15, -0.1) is 11.3 Å². The van der Waals surface area contributed by atoms with Crippen molar-refractivity contribution in [3.63, 3.8) is 0 Å². The number of esters is 1. The minimum absolute atomic E-state index is 0.0632. The molecule has 0 saturated heterocycles. The first-order chi connectivity index (χ1) is 13.6. The first-order valence-electron chi connectivity index (χ1n) is 8.99. The summed E-state index contributed by atoms with van der Waals surface area (Å²) in [6, 6.07) is 13.6. The maximum atomic E-state index is 12.0. The van der Waals surface area contributed by atoms with Crippen LogP contribution in [0.15, 0.2) is 52.4 Å². The van der Waals surface area contributed by atoms with E-state index < -0.39 is 12.1 Å². The molecule has 0 aliphatic carbocycles. The quantitative estimate of drug-likeness (QED) is 0.556. The van der Waals surface area contributed by atoms with Gasteiger partial charge in [0.1, 0.15) is 0 Å². The van der Waals surface area contributed by atoms with Crippen molar-refractivity contribution in [3.8, 4) is 10.7 Å². The van der Waals surface area contributed by atoms with E-state index in [4.69, 9.17) is 9.26 Å². The van der Waals surface area contributed by atoms with Gasteiger partial charge in [0.15, 0.2) is 6.10 Å². The van der Waals surface area contributed by atoms with Gasteiger partial charge in [-0.3, -0.25) is 9.59 Å². The molecule has 7 nitrogen and oxygen atoms in total. The maximum absolute atomic E-state index is 12.0. The number of nitrogens with zero attached hydrogens (tertiary/aromatic N) is 2. The van der Waals surface area contributed by atoms with Crippen molar-refractivity contribution in [2.75, 3.05) is 6.54 Å². The molecule has 8 heteroatoms. The maximum Gasteiger partial charge on any atom is 0.307 e. The monoisotopic (exact) mass is 399 g/mol. The molecule has 0 fully saturated rings. The zero-order chi connectivity index (χ0) is 19.8. The van der Waals surface area contributed by atoms with Crippen LogP contribution in [-0.2, 0) is 27.2 Å². The lowest BCUT2D eigenvalue weighted by atomic mass is 10.1. The lowest BCUT2D eigenvalue weighted by Gasteiger charge is -2.13. The fourth-order valence-corrected chi connectivity index (χ4v) is 3.15. The SMILES string of the molecule is CC(OC(=O)CCc1nc(-c2cccs2)no1)C(=O)NCCc1ccccc1. The fourth-order valence-electron chi connectivity index (χ4n) is 2.50. The number of carbonyl (C=O) groups is 2. The van der Waals surface area contributed by atoms with Crippen molar-refractivity contribution in [2.24, 2.45) is 0 Å². The van der Waals surface area contributed by atoms with Gasteiger partial charge in [-0.1, -0.05) is 41.6 Å². The summed E-state index contributed by atoms with van der Waals surface area (Å²) in [6.07, 6.45) is 0.192. The summed E-state index contributed by atoms with van der Waals surface area (Å²) in [4.78, 5) is 29.2. The highest BCUT2D eigenvalue weighted by molar-refractivity contribution is 7.13. The third-order valence-electron chi connectivity index (χ3n) is 3.99. The van der Waals surface area contributed by atoms with Crippen LogP contribution in [0.1, 0.15) is 24.8 Å². The van der Waals surface area contributed by atoms with Crippen LogP contribution in [0.2, 0.25) is 0 Å². The van der Waals surface area contributed by atoms with Crippen LogP contribution in [0.25, 0.3) is 10.7 Å². The second kappa shape index (κ2) is 9.80. The van der Waals surface area contributed by atoms with Crippen LogP contribution in [0.4, 0.5) is 0 Å². The van der Waals surface area contributed by atoms with E-state index in [1.165, 1.54) is 11.3 Å². The van der Waals surface area contributed by atoms with Crippen LogP contribution in [0, 0.1) is 0 Å². The van der Waals surface area contributed by atoms with Crippen molar-refractivity contribution >= 4 is 23.2 Å². The third-order valence-corrected chi connectivity index (χ3v) is 4.85. The Morgan fingerprint density at radius 3 is 2.75 bits per heavy atom. The van der Waals surface area contributed by atoms with Gasteiger partial charge in [0, 0.05) is 13.0 Å². The standard InChI is InChI=1S/C20H21N3O4S/c1-14(20(25)21-12-11-15-6-3-2-4-7-15)26-18(24)10-9-17-22-19(23-27-17)16-8-5-13-28-16/h2-8,13-14H,9-12H2,1H3,(H,21,25). The number of ether oxygens (including phenoxy) is 1. The number of hydrogen-bond donors (Lipinski definition) is 1. The van der Waals surface area contributed by atoms with Gasteiger partial charge in [-0.25, -0.2) is 0 Å². The number of amides is 1. The van der Waals surface area contributed by atoms with E-state index in [-0.39, 0.29) is 18.7 Å². The second-order valence-corrected chi connectivity index (χ2v) is 7.10. The van der Waals surface area contributed by atoms with E-state index in [0.717, 1.165) is 16.9 Å². The number of aryl methyl sites for hydroxylation is 1. The predicted molar refractivity (Wildman–Crippen MR) is 105 cm³/mol. The molecule has 1 atom stereocenters. The Bertz CT molecular complexity index is 893. The highest BCUT2D eigenvalue weighted by atomic mass is 32.1. The van der Waals surface area contributed by atoms with Crippen molar-refractivity contribution in [1.82, 2.24) is 15.5 Å². The van der Waals surface area contributed by atoms with E-state index >= 15 is 0 Å². The first-order valence-corrected chi connectivity index (χ1v) is 9.87. The Labute approximate surface area is 166 Å². The molecule has 0 saturated carbocycles. The largest absolute Gasteiger partial charge is 0.453 e. The Morgan fingerprint density at radius 1 is 1.18 bits per heavy atom. The summed E-state index contributed by atoms with van der Waals surface area (Å²) >= 11 is 1.51. The van der Waals surface area contributed by atoms with Gasteiger partial charge in [0.05, 0.1) is 11.3 Å². The van der Waals surface area contributed by atoms with Crippen molar-refractivity contribution in [1.29, 1.82) is 0 Å². The Balaban J connectivity index is 1.37. The normalized spacial score (nSPS) is 11.8. The van der Waals surface area contributed by atoms with Gasteiger partial charge in [0.25, 0.3) is 5.91 Å². The van der Waals surface area contributed by atoms with E-state index in [9.17, 15) is 9.59 Å². The van der Waals surface area contributed by atoms with Crippen molar-refractivity contribution < 1.29 is 18.8 Å². The smallest absolute Gasteiger partial charge is 0.307 e. The Kier molecular flexibility index (Phi) is 6.91. The number of carbonyl (C=O) groups excluding carboxylic acids is 2. The molecule has 1 aromatic carbocycles. The van der Waals surface area contributed by atoms with Gasteiger partial charge in [-0.2, -0.15) is 4.98 Å². The highest BCUT2D eigenvalue weighted by Gasteiger charge is 2.18. The minimum Gasteiger partial charge on any atom is -0.453 e. The van der Waals surface area contributed by atoms with Crippen molar-refractivity contribution in [2.45, 2.75) is 32.3 Å². The van der Waals surface area contributed by atoms with E-state index in [1.54, 1.807) is 6.92 Å². The molecule has 1 unspecified atom stereocenters. The number of aromatic nitrogens is 2. The van der Waals surface area contributed by atoms with Gasteiger partial charge in [-0.05, 0) is 30.4 Å². The van der Waals surface area contributed by atoms with Crippen LogP contribution in [-0.4, -0.2) is 34.7 Å². The number of benzene rings is 1. The molecule has 3 rings (SSSR count). The minimum atomic E-state index is -0.854. The molecule has 1 amide bonds. The molecule has 0 aliphatic rings. The molecule has 0 bridgehead atoms. The predicted octanol–water partition coefficient (Wildman–Crippen LogP) is 3.02. The molecular formula is C20H21N3O4S. The van der Waals surface area contributed by atoms with Crippen LogP contribution in [0.5, 0.6) is 0 Å². The lowest BCUT2D eigenvalue weighted by molar-refractivity contribution is -0.154. The highest BCUT2D eigenvalue weighted by Crippen LogP contribution is 2.21. The van der Waals surface area contributed by atoms with Gasteiger partial charge in [0.2, 0.25) is 11.7 Å². The Morgan fingerprint density at radius 2 is 2.00 bits per heavy atom. The molecule has 0 aliphatic heterocycles. The zero-order valence-corrected chi connectivity index (χ0v) is 16.3. The molecule has 146 valence electrons. The molecule has 28 heavy (non-hydrogen) atoms. The third kappa shape index (κ3) is 5.75. The summed E-state index contributed by atoms with van der Waals surface area (Å²) in [5, 5.41) is 8.59. The lowest BCUT2D eigenvalue weighted by Crippen LogP contribution is -2.36. The Hall–Kier alpha value is -3.00. The number of rotatable bonds is 9. The van der Waals surface area contributed by atoms with E-state index in [0.29, 0.717) is 18.3 Å². The molecular weight excluding hydrogens is 378 g/mol. The van der Waals surface area contributed by atoms with E-state index in [1.807, 2.05) is 47.8 Å². The fraction of sp³-hybridized carbons (Fsp3) is 0.300. The molecule has 1 N–H and O–H groups in total. The number of thiophene rings is 1.